The zero-order valence-corrected chi connectivity index (χ0v) is 9.52. The monoisotopic (exact) mass is 213 g/mol. The minimum Gasteiger partial charge on any atom is -0.444 e. The molecule has 2 unspecified atom stereocenters. The third-order valence-electron chi connectivity index (χ3n) is 2.71. The molecule has 2 atom stereocenters. The van der Waals surface area contributed by atoms with Crippen LogP contribution in [-0.4, -0.2) is 36.5 Å². The molecule has 2 aliphatic rings. The van der Waals surface area contributed by atoms with Crippen molar-refractivity contribution in [1.82, 2.24) is 16.0 Å². The van der Waals surface area contributed by atoms with Crippen LogP contribution in [0.25, 0.3) is 0 Å². The van der Waals surface area contributed by atoms with E-state index in [1.54, 1.807) is 0 Å². The minimum absolute atomic E-state index is 0.285. The standard InChI is InChI=1S/C10H19N3O2/c1-9(2,3)15-8(14)13-10-4-7(5-12-10)11-6-10/h7,11-12H,4-6H2,1-3H3,(H,13,14). The molecule has 0 aromatic carbocycles. The molecule has 2 rings (SSSR count). The van der Waals surface area contributed by atoms with E-state index in [-0.39, 0.29) is 11.8 Å². The molecule has 5 nitrogen and oxygen atoms in total. The Morgan fingerprint density at radius 3 is 2.67 bits per heavy atom. The van der Waals surface area contributed by atoms with Crippen LogP contribution in [0.15, 0.2) is 0 Å². The lowest BCUT2D eigenvalue weighted by Crippen LogP contribution is -2.61. The smallest absolute Gasteiger partial charge is 0.409 e. The summed E-state index contributed by atoms with van der Waals surface area (Å²) in [4.78, 5) is 11.6. The summed E-state index contributed by atoms with van der Waals surface area (Å²) in [6.07, 6.45) is 0.589. The van der Waals surface area contributed by atoms with Gasteiger partial charge in [0, 0.05) is 25.6 Å². The van der Waals surface area contributed by atoms with Crippen LogP contribution in [0, 0.1) is 0 Å². The van der Waals surface area contributed by atoms with Crippen molar-refractivity contribution in [2.24, 2.45) is 0 Å². The van der Waals surface area contributed by atoms with Crippen molar-refractivity contribution in [3.05, 3.63) is 0 Å². The van der Waals surface area contributed by atoms with Gasteiger partial charge in [-0.15, -0.1) is 0 Å². The zero-order chi connectivity index (χ0) is 11.1. The van der Waals surface area contributed by atoms with E-state index in [2.05, 4.69) is 16.0 Å². The highest BCUT2D eigenvalue weighted by Gasteiger charge is 2.46. The average molecular weight is 213 g/mol. The predicted molar refractivity (Wildman–Crippen MR) is 56.5 cm³/mol. The van der Waals surface area contributed by atoms with Gasteiger partial charge in [-0.2, -0.15) is 0 Å². The van der Waals surface area contributed by atoms with Crippen molar-refractivity contribution >= 4 is 6.09 Å². The highest BCUT2D eigenvalue weighted by molar-refractivity contribution is 5.69. The molecule has 3 N–H and O–H groups in total. The summed E-state index contributed by atoms with van der Waals surface area (Å²) in [5, 5.41) is 9.55. The topological polar surface area (TPSA) is 62.4 Å². The Morgan fingerprint density at radius 2 is 2.27 bits per heavy atom. The van der Waals surface area contributed by atoms with Crippen molar-refractivity contribution in [2.45, 2.75) is 44.5 Å². The molecule has 0 aliphatic carbocycles. The van der Waals surface area contributed by atoms with E-state index in [1.165, 1.54) is 0 Å². The molecule has 2 fully saturated rings. The second-order valence-electron chi connectivity index (χ2n) is 5.37. The number of rotatable bonds is 1. The summed E-state index contributed by atoms with van der Waals surface area (Å²) in [6, 6.07) is 0.486. The fourth-order valence-electron chi connectivity index (χ4n) is 2.12. The number of ether oxygens (including phenoxy) is 1. The zero-order valence-electron chi connectivity index (χ0n) is 9.52. The fraction of sp³-hybridized carbons (Fsp3) is 0.900. The maximum Gasteiger partial charge on any atom is 0.409 e. The number of alkyl carbamates (subject to hydrolysis) is 1. The first-order valence-corrected chi connectivity index (χ1v) is 5.38. The van der Waals surface area contributed by atoms with Crippen LogP contribution in [0.1, 0.15) is 27.2 Å². The molecule has 2 saturated heterocycles. The van der Waals surface area contributed by atoms with Gasteiger partial charge in [-0.25, -0.2) is 4.79 Å². The maximum absolute atomic E-state index is 11.6. The largest absolute Gasteiger partial charge is 0.444 e. The molecule has 0 aromatic heterocycles. The maximum atomic E-state index is 11.6. The molecular weight excluding hydrogens is 194 g/mol. The molecule has 1 amide bonds. The molecule has 86 valence electrons. The van der Waals surface area contributed by atoms with Crippen LogP contribution in [-0.2, 0) is 4.74 Å². The molecule has 0 aromatic rings. The average Bonchev–Trinajstić information content (AvgIpc) is 2.58. The Kier molecular flexibility index (Phi) is 2.39. The summed E-state index contributed by atoms with van der Waals surface area (Å²) in [5.41, 5.74) is -0.724. The number of hydrogen-bond acceptors (Lipinski definition) is 4. The van der Waals surface area contributed by atoms with Gasteiger partial charge in [0.1, 0.15) is 11.3 Å². The summed E-state index contributed by atoms with van der Waals surface area (Å²) in [5.74, 6) is 0. The van der Waals surface area contributed by atoms with Crippen molar-refractivity contribution in [3.8, 4) is 0 Å². The Hall–Kier alpha value is -0.810. The Bertz CT molecular complexity index is 264. The first-order chi connectivity index (χ1) is 6.89. The SMILES string of the molecule is CC(C)(C)OC(=O)NC12CNC(CN1)C2. The van der Waals surface area contributed by atoms with Crippen LogP contribution < -0.4 is 16.0 Å². The van der Waals surface area contributed by atoms with Gasteiger partial charge in [0.05, 0.1) is 0 Å². The second kappa shape index (κ2) is 3.35. The van der Waals surface area contributed by atoms with Crippen molar-refractivity contribution in [2.75, 3.05) is 13.1 Å². The number of nitrogens with one attached hydrogen (secondary N) is 3. The van der Waals surface area contributed by atoms with Gasteiger partial charge in [0.2, 0.25) is 0 Å². The van der Waals surface area contributed by atoms with Gasteiger partial charge in [-0.3, -0.25) is 5.32 Å². The number of carbonyl (C=O) groups is 1. The summed E-state index contributed by atoms with van der Waals surface area (Å²) in [7, 11) is 0. The summed E-state index contributed by atoms with van der Waals surface area (Å²) >= 11 is 0. The van der Waals surface area contributed by atoms with Crippen LogP contribution in [0.4, 0.5) is 4.79 Å². The normalized spacial score (nSPS) is 34.2. The van der Waals surface area contributed by atoms with E-state index in [4.69, 9.17) is 4.74 Å². The van der Waals surface area contributed by atoms with Gasteiger partial charge in [-0.1, -0.05) is 0 Å². The van der Waals surface area contributed by atoms with Crippen molar-refractivity contribution < 1.29 is 9.53 Å². The van der Waals surface area contributed by atoms with E-state index < -0.39 is 5.60 Å². The molecule has 5 heteroatoms. The van der Waals surface area contributed by atoms with E-state index in [9.17, 15) is 4.79 Å². The molecule has 0 saturated carbocycles. The van der Waals surface area contributed by atoms with Gasteiger partial charge in [0.15, 0.2) is 0 Å². The summed E-state index contributed by atoms with van der Waals surface area (Å²) < 4.78 is 5.23. The Balaban J connectivity index is 1.89. The molecule has 2 bridgehead atoms. The van der Waals surface area contributed by atoms with Gasteiger partial charge < -0.3 is 15.4 Å². The first kappa shape index (κ1) is 10.7. The Labute approximate surface area is 89.9 Å². The molecular formula is C10H19N3O2. The molecule has 2 aliphatic heterocycles. The van der Waals surface area contributed by atoms with E-state index >= 15 is 0 Å². The lowest BCUT2D eigenvalue weighted by molar-refractivity contribution is 0.0451. The van der Waals surface area contributed by atoms with Crippen molar-refractivity contribution in [1.29, 1.82) is 0 Å². The Morgan fingerprint density at radius 1 is 1.53 bits per heavy atom. The number of hydrogen-bond donors (Lipinski definition) is 3. The lowest BCUT2D eigenvalue weighted by atomic mass is 10.1. The molecule has 2 heterocycles. The quantitative estimate of drug-likeness (QED) is 0.581. The summed E-state index contributed by atoms with van der Waals surface area (Å²) in [6.45, 7) is 7.28. The van der Waals surface area contributed by atoms with Gasteiger partial charge in [-0.05, 0) is 20.8 Å². The third-order valence-corrected chi connectivity index (χ3v) is 2.71. The predicted octanol–water partition coefficient (Wildman–Crippen LogP) is 0.173. The number of fused-ring (bicyclic) bond motifs is 2. The number of carbonyl (C=O) groups excluding carboxylic acids is 1. The highest BCUT2D eigenvalue weighted by Crippen LogP contribution is 2.23. The number of piperazine rings is 1. The van der Waals surface area contributed by atoms with E-state index in [0.29, 0.717) is 6.04 Å². The molecule has 15 heavy (non-hydrogen) atoms. The third kappa shape index (κ3) is 2.41. The van der Waals surface area contributed by atoms with E-state index in [1.807, 2.05) is 20.8 Å². The highest BCUT2D eigenvalue weighted by atomic mass is 16.6. The first-order valence-electron chi connectivity index (χ1n) is 5.38. The fourth-order valence-corrected chi connectivity index (χ4v) is 2.12. The van der Waals surface area contributed by atoms with Gasteiger partial charge >= 0.3 is 6.09 Å². The molecule has 0 radical (unpaired) electrons. The molecule has 0 spiro atoms. The van der Waals surface area contributed by atoms with Crippen LogP contribution in [0.2, 0.25) is 0 Å². The van der Waals surface area contributed by atoms with E-state index in [0.717, 1.165) is 19.5 Å². The minimum atomic E-state index is -0.440. The second-order valence-corrected chi connectivity index (χ2v) is 5.37. The van der Waals surface area contributed by atoms with Crippen molar-refractivity contribution in [3.63, 3.8) is 0 Å². The van der Waals surface area contributed by atoms with Crippen LogP contribution >= 0.6 is 0 Å². The van der Waals surface area contributed by atoms with Gasteiger partial charge in [0.25, 0.3) is 0 Å². The van der Waals surface area contributed by atoms with Crippen LogP contribution in [0.5, 0.6) is 0 Å². The number of amides is 1. The lowest BCUT2D eigenvalue weighted by Gasteiger charge is -2.30. The van der Waals surface area contributed by atoms with Crippen LogP contribution in [0.3, 0.4) is 0 Å².